The Morgan fingerprint density at radius 3 is 2.33 bits per heavy atom. The van der Waals surface area contributed by atoms with E-state index in [1.165, 1.54) is 5.56 Å². The second kappa shape index (κ2) is 8.06. The predicted octanol–water partition coefficient (Wildman–Crippen LogP) is 4.00. The molecule has 1 heterocycles. The minimum Gasteiger partial charge on any atom is -0.352 e. The van der Waals surface area contributed by atoms with Crippen LogP contribution in [0.1, 0.15) is 17.5 Å². The Hall–Kier alpha value is -2.94. The molecule has 0 bridgehead atoms. The smallest absolute Gasteiger partial charge is 0.220 e. The molecule has 1 aromatic heterocycles. The minimum absolute atomic E-state index is 0.0571. The fourth-order valence-corrected chi connectivity index (χ4v) is 2.62. The highest BCUT2D eigenvalue weighted by Gasteiger charge is 2.08. The van der Waals surface area contributed by atoms with Gasteiger partial charge in [-0.2, -0.15) is 0 Å². The number of nitrogens with zero attached hydrogens (tertiary/aromatic N) is 1. The lowest BCUT2D eigenvalue weighted by Gasteiger charge is -2.10. The Morgan fingerprint density at radius 1 is 0.875 bits per heavy atom. The second-order valence-corrected chi connectivity index (χ2v) is 5.64. The summed E-state index contributed by atoms with van der Waals surface area (Å²) in [6, 6.07) is 24.0. The van der Waals surface area contributed by atoms with Gasteiger partial charge >= 0.3 is 0 Å². The monoisotopic (exact) mass is 316 g/mol. The standard InChI is InChI=1S/C21H20N2O/c24-20(14-13-17-8-3-1-4-9-17)23-16-19-12-7-15-22-21(19)18-10-5-2-6-11-18/h1-12,15H,13-14,16H2,(H,23,24). The number of hydrogen-bond donors (Lipinski definition) is 1. The summed E-state index contributed by atoms with van der Waals surface area (Å²) in [6.07, 6.45) is 3.03. The highest BCUT2D eigenvalue weighted by molar-refractivity contribution is 5.76. The Balaban J connectivity index is 1.60. The van der Waals surface area contributed by atoms with Crippen LogP contribution in [-0.4, -0.2) is 10.9 Å². The van der Waals surface area contributed by atoms with E-state index in [2.05, 4.69) is 10.3 Å². The summed E-state index contributed by atoms with van der Waals surface area (Å²) in [6.45, 7) is 0.492. The van der Waals surface area contributed by atoms with Crippen molar-refractivity contribution in [3.8, 4) is 11.3 Å². The van der Waals surface area contributed by atoms with Crippen molar-refractivity contribution in [3.63, 3.8) is 0 Å². The summed E-state index contributed by atoms with van der Waals surface area (Å²) in [5.41, 5.74) is 4.18. The molecule has 24 heavy (non-hydrogen) atoms. The third-order valence-corrected chi connectivity index (χ3v) is 3.90. The number of pyridine rings is 1. The molecule has 0 spiro atoms. The third kappa shape index (κ3) is 4.29. The Labute approximate surface area is 142 Å². The Morgan fingerprint density at radius 2 is 1.58 bits per heavy atom. The zero-order valence-electron chi connectivity index (χ0n) is 13.5. The molecular weight excluding hydrogens is 296 g/mol. The van der Waals surface area contributed by atoms with Crippen LogP contribution in [0.5, 0.6) is 0 Å². The molecule has 1 N–H and O–H groups in total. The van der Waals surface area contributed by atoms with Crippen molar-refractivity contribution in [1.82, 2.24) is 10.3 Å². The van der Waals surface area contributed by atoms with Crippen molar-refractivity contribution >= 4 is 5.91 Å². The van der Waals surface area contributed by atoms with Crippen molar-refractivity contribution in [2.45, 2.75) is 19.4 Å². The van der Waals surface area contributed by atoms with Crippen LogP contribution in [0.15, 0.2) is 79.0 Å². The van der Waals surface area contributed by atoms with Crippen LogP contribution in [0, 0.1) is 0 Å². The van der Waals surface area contributed by atoms with Gasteiger partial charge in [0.15, 0.2) is 0 Å². The van der Waals surface area contributed by atoms with Crippen LogP contribution in [-0.2, 0) is 17.8 Å². The fraction of sp³-hybridized carbons (Fsp3) is 0.143. The van der Waals surface area contributed by atoms with Gasteiger partial charge in [-0.25, -0.2) is 0 Å². The maximum atomic E-state index is 12.1. The number of amides is 1. The van der Waals surface area contributed by atoms with E-state index < -0.39 is 0 Å². The van der Waals surface area contributed by atoms with Gasteiger partial charge < -0.3 is 5.32 Å². The van der Waals surface area contributed by atoms with E-state index >= 15 is 0 Å². The first kappa shape index (κ1) is 15.9. The van der Waals surface area contributed by atoms with E-state index in [1.54, 1.807) is 6.20 Å². The average molecular weight is 316 g/mol. The SMILES string of the molecule is O=C(CCc1ccccc1)NCc1cccnc1-c1ccccc1. The molecule has 1 amide bonds. The maximum absolute atomic E-state index is 12.1. The van der Waals surface area contributed by atoms with Crippen LogP contribution in [0.25, 0.3) is 11.3 Å². The molecule has 3 rings (SSSR count). The number of rotatable bonds is 6. The van der Waals surface area contributed by atoms with Crippen molar-refractivity contribution in [2.75, 3.05) is 0 Å². The van der Waals surface area contributed by atoms with Gasteiger partial charge in [0, 0.05) is 24.7 Å². The summed E-state index contributed by atoms with van der Waals surface area (Å²) in [5.74, 6) is 0.0571. The van der Waals surface area contributed by atoms with Crippen LogP contribution < -0.4 is 5.32 Å². The van der Waals surface area contributed by atoms with Gasteiger partial charge in [-0.1, -0.05) is 66.7 Å². The number of benzene rings is 2. The normalized spacial score (nSPS) is 10.3. The van der Waals surface area contributed by atoms with Crippen LogP contribution in [0.3, 0.4) is 0 Å². The fourth-order valence-electron chi connectivity index (χ4n) is 2.62. The first-order valence-electron chi connectivity index (χ1n) is 8.13. The van der Waals surface area contributed by atoms with Gasteiger partial charge in [-0.15, -0.1) is 0 Å². The third-order valence-electron chi connectivity index (χ3n) is 3.90. The molecule has 3 aromatic rings. The second-order valence-electron chi connectivity index (χ2n) is 5.64. The average Bonchev–Trinajstić information content (AvgIpc) is 2.66. The molecule has 0 aliphatic heterocycles. The van der Waals surface area contributed by atoms with E-state index in [9.17, 15) is 4.79 Å². The lowest BCUT2D eigenvalue weighted by atomic mass is 10.1. The summed E-state index contributed by atoms with van der Waals surface area (Å²) >= 11 is 0. The maximum Gasteiger partial charge on any atom is 0.220 e. The lowest BCUT2D eigenvalue weighted by Crippen LogP contribution is -2.23. The van der Waals surface area contributed by atoms with E-state index in [0.717, 1.165) is 23.2 Å². The topological polar surface area (TPSA) is 42.0 Å². The van der Waals surface area contributed by atoms with Crippen molar-refractivity contribution in [3.05, 3.63) is 90.1 Å². The van der Waals surface area contributed by atoms with Gasteiger partial charge in [0.25, 0.3) is 0 Å². The number of nitrogens with one attached hydrogen (secondary N) is 1. The lowest BCUT2D eigenvalue weighted by molar-refractivity contribution is -0.121. The number of hydrogen-bond acceptors (Lipinski definition) is 2. The van der Waals surface area contributed by atoms with Crippen LogP contribution in [0.2, 0.25) is 0 Å². The molecule has 0 saturated heterocycles. The van der Waals surface area contributed by atoms with Crippen LogP contribution >= 0.6 is 0 Å². The van der Waals surface area contributed by atoms with Gasteiger partial charge in [-0.3, -0.25) is 9.78 Å². The summed E-state index contributed by atoms with van der Waals surface area (Å²) < 4.78 is 0. The largest absolute Gasteiger partial charge is 0.352 e. The Kier molecular flexibility index (Phi) is 5.36. The van der Waals surface area contributed by atoms with E-state index in [-0.39, 0.29) is 5.91 Å². The Bertz CT molecular complexity index is 785. The van der Waals surface area contributed by atoms with Gasteiger partial charge in [0.2, 0.25) is 5.91 Å². The molecule has 0 aliphatic rings. The zero-order chi connectivity index (χ0) is 16.6. The van der Waals surface area contributed by atoms with Crippen molar-refractivity contribution in [1.29, 1.82) is 0 Å². The molecule has 0 atom stereocenters. The first-order valence-corrected chi connectivity index (χ1v) is 8.13. The number of carbonyl (C=O) groups excluding carboxylic acids is 1. The summed E-state index contributed by atoms with van der Waals surface area (Å²) in [4.78, 5) is 16.6. The molecule has 0 unspecified atom stereocenters. The quantitative estimate of drug-likeness (QED) is 0.747. The van der Waals surface area contributed by atoms with E-state index in [0.29, 0.717) is 13.0 Å². The van der Waals surface area contributed by atoms with Crippen molar-refractivity contribution < 1.29 is 4.79 Å². The predicted molar refractivity (Wildman–Crippen MR) is 96.3 cm³/mol. The molecule has 0 fully saturated rings. The molecule has 3 heteroatoms. The first-order chi connectivity index (χ1) is 11.8. The molecule has 0 radical (unpaired) electrons. The number of aryl methyl sites for hydroxylation is 1. The number of carbonyl (C=O) groups is 1. The van der Waals surface area contributed by atoms with E-state index in [1.807, 2.05) is 72.8 Å². The molecule has 0 aliphatic carbocycles. The zero-order valence-corrected chi connectivity index (χ0v) is 13.5. The van der Waals surface area contributed by atoms with Crippen molar-refractivity contribution in [2.24, 2.45) is 0 Å². The summed E-state index contributed by atoms with van der Waals surface area (Å²) in [7, 11) is 0. The molecule has 0 saturated carbocycles. The van der Waals surface area contributed by atoms with Gasteiger partial charge in [0.05, 0.1) is 5.69 Å². The highest BCUT2D eigenvalue weighted by atomic mass is 16.1. The molecular formula is C21H20N2O. The molecule has 2 aromatic carbocycles. The van der Waals surface area contributed by atoms with Gasteiger partial charge in [0.1, 0.15) is 0 Å². The molecule has 3 nitrogen and oxygen atoms in total. The van der Waals surface area contributed by atoms with Crippen LogP contribution in [0.4, 0.5) is 0 Å². The molecule has 120 valence electrons. The summed E-state index contributed by atoms with van der Waals surface area (Å²) in [5, 5.41) is 3.00. The minimum atomic E-state index is 0.0571. The highest BCUT2D eigenvalue weighted by Crippen LogP contribution is 2.20. The number of aromatic nitrogens is 1. The van der Waals surface area contributed by atoms with Gasteiger partial charge in [-0.05, 0) is 23.6 Å². The van der Waals surface area contributed by atoms with E-state index in [4.69, 9.17) is 0 Å².